The van der Waals surface area contributed by atoms with Gasteiger partial charge in [0.25, 0.3) is 0 Å². The van der Waals surface area contributed by atoms with Gasteiger partial charge in [-0.3, -0.25) is 9.13 Å². The normalized spacial score (nSPS) is 13.2. The molecule has 0 amide bonds. The molecule has 0 radical (unpaired) electrons. The van der Waals surface area contributed by atoms with Crippen LogP contribution in [-0.4, -0.2) is 19.1 Å². The smallest absolute Gasteiger partial charge is 0.237 e. The van der Waals surface area contributed by atoms with Crippen LogP contribution >= 0.6 is 0 Å². The molecule has 3 aromatic heterocycles. The van der Waals surface area contributed by atoms with Crippen molar-refractivity contribution in [3.8, 4) is 45.1 Å². The van der Waals surface area contributed by atoms with Gasteiger partial charge in [0.15, 0.2) is 5.65 Å². The zero-order valence-corrected chi connectivity index (χ0v) is 29.5. The van der Waals surface area contributed by atoms with Gasteiger partial charge in [0.05, 0.1) is 27.6 Å². The van der Waals surface area contributed by atoms with Crippen molar-refractivity contribution in [3.05, 3.63) is 181 Å². The van der Waals surface area contributed by atoms with Crippen LogP contribution in [0.3, 0.4) is 0 Å². The average Bonchev–Trinajstić information content (AvgIpc) is 3.80. The number of hydrogen-bond donors (Lipinski definition) is 0. The van der Waals surface area contributed by atoms with Crippen LogP contribution in [0.2, 0.25) is 0 Å². The van der Waals surface area contributed by atoms with E-state index in [9.17, 15) is 0 Å². The van der Waals surface area contributed by atoms with E-state index in [-0.39, 0.29) is 5.41 Å². The molecular formula is C49H34N4. The highest BCUT2D eigenvalue weighted by molar-refractivity contribution is 6.15. The third kappa shape index (κ3) is 4.30. The predicted molar refractivity (Wildman–Crippen MR) is 219 cm³/mol. The molecule has 7 aromatic carbocycles. The Hall–Kier alpha value is -6.78. The quantitative estimate of drug-likeness (QED) is 0.186. The summed E-state index contributed by atoms with van der Waals surface area (Å²) in [4.78, 5) is 11.2. The van der Waals surface area contributed by atoms with Gasteiger partial charge < -0.3 is 0 Å². The molecule has 3 heterocycles. The molecule has 11 rings (SSSR count). The first-order valence-electron chi connectivity index (χ1n) is 18.3. The molecule has 0 saturated carbocycles. The van der Waals surface area contributed by atoms with Gasteiger partial charge in [-0.1, -0.05) is 141 Å². The van der Waals surface area contributed by atoms with Crippen molar-refractivity contribution in [2.24, 2.45) is 0 Å². The van der Waals surface area contributed by atoms with Crippen LogP contribution in [0.5, 0.6) is 0 Å². The maximum Gasteiger partial charge on any atom is 0.237 e. The largest absolute Gasteiger partial charge is 0.294 e. The molecule has 0 fully saturated rings. The fourth-order valence-corrected chi connectivity index (χ4v) is 8.82. The highest BCUT2D eigenvalue weighted by Gasteiger charge is 2.36. The summed E-state index contributed by atoms with van der Waals surface area (Å²) in [5, 5.41) is 4.56. The lowest BCUT2D eigenvalue weighted by Crippen LogP contribution is -2.14. The van der Waals surface area contributed by atoms with Crippen LogP contribution in [0.25, 0.3) is 88.9 Å². The first-order valence-corrected chi connectivity index (χ1v) is 18.3. The summed E-state index contributed by atoms with van der Waals surface area (Å²) in [6, 6.07) is 60.9. The minimum atomic E-state index is -0.103. The maximum atomic E-state index is 5.60. The van der Waals surface area contributed by atoms with Crippen molar-refractivity contribution in [2.75, 3.05) is 0 Å². The lowest BCUT2D eigenvalue weighted by Gasteiger charge is -2.21. The summed E-state index contributed by atoms with van der Waals surface area (Å²) in [6.45, 7) is 4.69. The molecule has 4 heteroatoms. The Balaban J connectivity index is 1.29. The van der Waals surface area contributed by atoms with Crippen LogP contribution in [0, 0.1) is 0 Å². The van der Waals surface area contributed by atoms with E-state index in [4.69, 9.17) is 9.97 Å². The first-order chi connectivity index (χ1) is 26.1. The number of hydrogen-bond acceptors (Lipinski definition) is 2. The Morgan fingerprint density at radius 2 is 1.09 bits per heavy atom. The number of rotatable bonds is 4. The molecule has 0 N–H and O–H groups in total. The zero-order valence-electron chi connectivity index (χ0n) is 29.5. The predicted octanol–water partition coefficient (Wildman–Crippen LogP) is 12.3. The summed E-state index contributed by atoms with van der Waals surface area (Å²) in [5.74, 6) is 0.649. The molecule has 250 valence electrons. The van der Waals surface area contributed by atoms with Crippen molar-refractivity contribution in [2.45, 2.75) is 19.3 Å². The zero-order chi connectivity index (χ0) is 35.3. The Morgan fingerprint density at radius 3 is 1.89 bits per heavy atom. The average molecular weight is 679 g/mol. The maximum absolute atomic E-state index is 5.60. The van der Waals surface area contributed by atoms with Crippen LogP contribution in [-0.2, 0) is 5.41 Å². The van der Waals surface area contributed by atoms with Crippen molar-refractivity contribution in [1.82, 2.24) is 19.1 Å². The third-order valence-electron chi connectivity index (χ3n) is 11.3. The van der Waals surface area contributed by atoms with E-state index in [0.717, 1.165) is 55.5 Å². The van der Waals surface area contributed by atoms with Gasteiger partial charge in [-0.2, -0.15) is 4.98 Å². The minimum absolute atomic E-state index is 0.103. The highest BCUT2D eigenvalue weighted by atomic mass is 15.2. The van der Waals surface area contributed by atoms with Gasteiger partial charge in [-0.05, 0) is 75.8 Å². The van der Waals surface area contributed by atoms with Gasteiger partial charge in [0, 0.05) is 32.8 Å². The molecule has 1 aliphatic rings. The molecule has 10 aromatic rings. The molecular weight excluding hydrogens is 645 g/mol. The molecule has 0 aliphatic heterocycles. The second-order valence-electron chi connectivity index (χ2n) is 14.6. The number of fused-ring (bicyclic) bond motifs is 9. The second-order valence-corrected chi connectivity index (χ2v) is 14.6. The van der Waals surface area contributed by atoms with E-state index in [1.54, 1.807) is 0 Å². The Bertz CT molecular complexity index is 3060. The van der Waals surface area contributed by atoms with Gasteiger partial charge in [-0.15, -0.1) is 0 Å². The van der Waals surface area contributed by atoms with E-state index in [0.29, 0.717) is 5.95 Å². The summed E-state index contributed by atoms with van der Waals surface area (Å²) < 4.78 is 4.59. The van der Waals surface area contributed by atoms with Crippen LogP contribution < -0.4 is 0 Å². The van der Waals surface area contributed by atoms with E-state index in [2.05, 4.69) is 193 Å². The number of nitrogens with zero attached hydrogens (tertiary/aromatic N) is 4. The second kappa shape index (κ2) is 11.1. The fourth-order valence-electron chi connectivity index (χ4n) is 8.82. The minimum Gasteiger partial charge on any atom is -0.294 e. The highest BCUT2D eigenvalue weighted by Crippen LogP contribution is 2.51. The molecule has 0 atom stereocenters. The van der Waals surface area contributed by atoms with Crippen LogP contribution in [0.4, 0.5) is 0 Å². The van der Waals surface area contributed by atoms with Crippen LogP contribution in [0.15, 0.2) is 170 Å². The molecule has 53 heavy (non-hydrogen) atoms. The first kappa shape index (κ1) is 29.9. The van der Waals surface area contributed by atoms with E-state index < -0.39 is 0 Å². The summed E-state index contributed by atoms with van der Waals surface area (Å²) in [5.41, 5.74) is 14.7. The lowest BCUT2D eigenvalue weighted by molar-refractivity contribution is 0.661. The monoisotopic (exact) mass is 678 g/mol. The van der Waals surface area contributed by atoms with Crippen molar-refractivity contribution >= 4 is 43.7 Å². The lowest BCUT2D eigenvalue weighted by atomic mass is 9.82. The number of para-hydroxylation sites is 2. The third-order valence-corrected chi connectivity index (χ3v) is 11.3. The van der Waals surface area contributed by atoms with Crippen molar-refractivity contribution in [1.29, 1.82) is 0 Å². The van der Waals surface area contributed by atoms with Gasteiger partial charge in [-0.25, -0.2) is 4.98 Å². The Kier molecular flexibility index (Phi) is 6.27. The van der Waals surface area contributed by atoms with E-state index in [1.807, 2.05) is 0 Å². The summed E-state index contributed by atoms with van der Waals surface area (Å²) >= 11 is 0. The molecule has 0 unspecified atom stereocenters. The molecule has 0 saturated heterocycles. The Labute approximate surface area is 307 Å². The molecule has 1 aliphatic carbocycles. The molecule has 0 bridgehead atoms. The summed E-state index contributed by atoms with van der Waals surface area (Å²) in [7, 11) is 0. The van der Waals surface area contributed by atoms with Crippen molar-refractivity contribution in [3.63, 3.8) is 0 Å². The van der Waals surface area contributed by atoms with E-state index >= 15 is 0 Å². The standard InChI is InChI=1S/C49H34N4/c1-49(2)40-24-14-12-22-35(40)37-30-44-38(29-41(37)49)36-23-13-15-25-42(36)53(44)48-50-46(32-18-8-4-9-19-32)45-39-28-33(31-16-6-3-7-17-31)26-27-43(39)52(47(45)51-48)34-20-10-5-11-21-34/h3-30H,1-2H3. The van der Waals surface area contributed by atoms with E-state index in [1.165, 1.54) is 38.6 Å². The van der Waals surface area contributed by atoms with Crippen LogP contribution in [0.1, 0.15) is 25.0 Å². The molecule has 4 nitrogen and oxygen atoms in total. The topological polar surface area (TPSA) is 35.6 Å². The Morgan fingerprint density at radius 1 is 0.434 bits per heavy atom. The molecule has 0 spiro atoms. The van der Waals surface area contributed by atoms with Gasteiger partial charge >= 0.3 is 0 Å². The van der Waals surface area contributed by atoms with Gasteiger partial charge in [0.1, 0.15) is 0 Å². The van der Waals surface area contributed by atoms with Crippen molar-refractivity contribution < 1.29 is 0 Å². The number of benzene rings is 7. The number of aromatic nitrogens is 4. The fraction of sp³-hybridized carbons (Fsp3) is 0.0612. The van der Waals surface area contributed by atoms with Gasteiger partial charge in [0.2, 0.25) is 5.95 Å². The SMILES string of the molecule is CC1(C)c2ccccc2-c2cc3c(cc21)c1ccccc1n3-c1nc(-c2ccccc2)c2c3cc(-c4ccccc4)ccc3n(-c3ccccc3)c2n1. The summed E-state index contributed by atoms with van der Waals surface area (Å²) in [6.07, 6.45) is 0.